The molecule has 1 aromatic heterocycles. The molecule has 1 heterocycles. The Bertz CT molecular complexity index is 655. The Balaban J connectivity index is 2.02. The lowest BCUT2D eigenvalue weighted by Crippen LogP contribution is -2.05. The van der Waals surface area contributed by atoms with Crippen molar-refractivity contribution in [3.05, 3.63) is 57.7 Å². The molecule has 0 radical (unpaired) electrons. The van der Waals surface area contributed by atoms with Crippen LogP contribution >= 0.6 is 23.2 Å². The highest BCUT2D eigenvalue weighted by Crippen LogP contribution is 2.28. The van der Waals surface area contributed by atoms with E-state index < -0.39 is 11.7 Å². The Morgan fingerprint density at radius 3 is 2.43 bits per heavy atom. The second-order valence-corrected chi connectivity index (χ2v) is 4.79. The normalized spacial score (nSPS) is 11.9. The van der Waals surface area contributed by atoms with Gasteiger partial charge in [-0.3, -0.25) is 5.43 Å². The van der Waals surface area contributed by atoms with Crippen molar-refractivity contribution in [1.29, 1.82) is 0 Å². The molecule has 0 spiro atoms. The summed E-state index contributed by atoms with van der Waals surface area (Å²) in [6, 6.07) is 7.02. The fourth-order valence-electron chi connectivity index (χ4n) is 1.39. The molecular formula is C13H8Cl2F3N3. The number of anilines is 1. The third kappa shape index (κ3) is 4.34. The van der Waals surface area contributed by atoms with Gasteiger partial charge in [-0.05, 0) is 29.8 Å². The molecule has 110 valence electrons. The molecule has 2 rings (SSSR count). The van der Waals surface area contributed by atoms with E-state index >= 15 is 0 Å². The van der Waals surface area contributed by atoms with Crippen LogP contribution in [0.15, 0.2) is 41.6 Å². The Kier molecular flexibility index (Phi) is 4.69. The number of pyridine rings is 1. The zero-order valence-corrected chi connectivity index (χ0v) is 11.8. The summed E-state index contributed by atoms with van der Waals surface area (Å²) in [4.78, 5) is 3.62. The number of hydrogen-bond acceptors (Lipinski definition) is 3. The summed E-state index contributed by atoms with van der Waals surface area (Å²) in [5.41, 5.74) is 2.39. The van der Waals surface area contributed by atoms with Crippen LogP contribution in [0.1, 0.15) is 11.1 Å². The highest BCUT2D eigenvalue weighted by atomic mass is 35.5. The van der Waals surface area contributed by atoms with Crippen molar-refractivity contribution in [2.24, 2.45) is 5.10 Å². The Hall–Kier alpha value is -1.79. The number of hydrogen-bond donors (Lipinski definition) is 1. The first-order chi connectivity index (χ1) is 9.86. The number of alkyl halides is 3. The minimum atomic E-state index is -4.41. The van der Waals surface area contributed by atoms with Gasteiger partial charge < -0.3 is 0 Å². The van der Waals surface area contributed by atoms with Gasteiger partial charge in [-0.1, -0.05) is 29.3 Å². The van der Waals surface area contributed by atoms with E-state index in [0.717, 1.165) is 12.3 Å². The molecule has 0 amide bonds. The van der Waals surface area contributed by atoms with Crippen molar-refractivity contribution >= 4 is 35.2 Å². The van der Waals surface area contributed by atoms with Crippen LogP contribution in [0.5, 0.6) is 0 Å². The first kappa shape index (κ1) is 15.6. The van der Waals surface area contributed by atoms with Crippen molar-refractivity contribution in [2.75, 3.05) is 5.43 Å². The van der Waals surface area contributed by atoms with Crippen LogP contribution in [-0.4, -0.2) is 11.2 Å². The predicted octanol–water partition coefficient (Wildman–Crippen LogP) is 4.85. The van der Waals surface area contributed by atoms with Crippen LogP contribution < -0.4 is 5.43 Å². The Morgan fingerprint density at radius 1 is 1.10 bits per heavy atom. The van der Waals surface area contributed by atoms with E-state index in [-0.39, 0.29) is 5.82 Å². The second kappa shape index (κ2) is 6.32. The van der Waals surface area contributed by atoms with Gasteiger partial charge in [0.2, 0.25) is 0 Å². The van der Waals surface area contributed by atoms with Crippen molar-refractivity contribution in [3.63, 3.8) is 0 Å². The number of aromatic nitrogens is 1. The lowest BCUT2D eigenvalue weighted by molar-refractivity contribution is -0.137. The van der Waals surface area contributed by atoms with Gasteiger partial charge in [-0.25, -0.2) is 4.98 Å². The number of nitrogens with one attached hydrogen (secondary N) is 1. The van der Waals surface area contributed by atoms with Crippen molar-refractivity contribution < 1.29 is 13.2 Å². The molecule has 0 aliphatic heterocycles. The van der Waals surface area contributed by atoms with Crippen LogP contribution in [-0.2, 0) is 6.18 Å². The van der Waals surface area contributed by atoms with Gasteiger partial charge in [0.1, 0.15) is 5.82 Å². The predicted molar refractivity (Wildman–Crippen MR) is 76.9 cm³/mol. The monoisotopic (exact) mass is 333 g/mol. The summed E-state index contributed by atoms with van der Waals surface area (Å²) in [6.07, 6.45) is -2.23. The van der Waals surface area contributed by atoms with E-state index in [2.05, 4.69) is 15.5 Å². The van der Waals surface area contributed by atoms with E-state index in [9.17, 15) is 13.2 Å². The molecule has 1 N–H and O–H groups in total. The summed E-state index contributed by atoms with van der Waals surface area (Å²) in [5.74, 6) is 0.194. The van der Waals surface area contributed by atoms with Crippen molar-refractivity contribution in [2.45, 2.75) is 6.18 Å². The highest BCUT2D eigenvalue weighted by molar-refractivity contribution is 6.42. The minimum absolute atomic E-state index is 0.194. The molecule has 21 heavy (non-hydrogen) atoms. The quantitative estimate of drug-likeness (QED) is 0.643. The molecule has 0 aliphatic carbocycles. The number of rotatable bonds is 3. The number of hydrazone groups is 1. The van der Waals surface area contributed by atoms with E-state index in [4.69, 9.17) is 23.2 Å². The maximum absolute atomic E-state index is 12.4. The zero-order chi connectivity index (χ0) is 15.5. The summed E-state index contributed by atoms with van der Waals surface area (Å²) in [7, 11) is 0. The van der Waals surface area contributed by atoms with Gasteiger partial charge in [0.15, 0.2) is 0 Å². The van der Waals surface area contributed by atoms with Gasteiger partial charge in [0.05, 0.1) is 21.8 Å². The van der Waals surface area contributed by atoms with Crippen LogP contribution in [0.3, 0.4) is 0 Å². The van der Waals surface area contributed by atoms with Gasteiger partial charge in [-0.2, -0.15) is 18.3 Å². The summed E-state index contributed by atoms with van der Waals surface area (Å²) in [6.45, 7) is 0. The van der Waals surface area contributed by atoms with Crippen LogP contribution in [0.25, 0.3) is 0 Å². The van der Waals surface area contributed by atoms with Gasteiger partial charge in [0.25, 0.3) is 0 Å². The molecule has 0 unspecified atom stereocenters. The molecule has 0 aliphatic rings. The van der Waals surface area contributed by atoms with Crippen molar-refractivity contribution in [3.8, 4) is 0 Å². The molecule has 8 heteroatoms. The maximum Gasteiger partial charge on any atom is 0.417 e. The fraction of sp³-hybridized carbons (Fsp3) is 0.0769. The third-order valence-electron chi connectivity index (χ3n) is 2.43. The standard InChI is InChI=1S/C13H8Cl2F3N3/c14-10-3-1-8(5-11(10)15)6-20-21-12-4-2-9(7-19-12)13(16,17)18/h1-7H,(H,19,21)/b20-6+. The Morgan fingerprint density at radius 2 is 1.86 bits per heavy atom. The van der Waals surface area contributed by atoms with E-state index in [0.29, 0.717) is 15.6 Å². The van der Waals surface area contributed by atoms with E-state index in [1.807, 2.05) is 0 Å². The molecule has 2 aromatic rings. The SMILES string of the molecule is FC(F)(F)c1ccc(N/N=C/c2ccc(Cl)c(Cl)c2)nc1. The lowest BCUT2D eigenvalue weighted by Gasteiger charge is -2.06. The first-order valence-electron chi connectivity index (χ1n) is 5.63. The number of benzene rings is 1. The average molecular weight is 334 g/mol. The smallest absolute Gasteiger partial charge is 0.261 e. The molecule has 0 saturated carbocycles. The van der Waals surface area contributed by atoms with Crippen molar-refractivity contribution in [1.82, 2.24) is 4.98 Å². The molecule has 0 saturated heterocycles. The zero-order valence-electron chi connectivity index (χ0n) is 10.3. The molecule has 0 bridgehead atoms. The molecule has 1 aromatic carbocycles. The maximum atomic E-state index is 12.4. The average Bonchev–Trinajstić information content (AvgIpc) is 2.42. The minimum Gasteiger partial charge on any atom is -0.261 e. The number of nitrogens with zero attached hydrogens (tertiary/aromatic N) is 2. The van der Waals surface area contributed by atoms with E-state index in [1.54, 1.807) is 18.2 Å². The topological polar surface area (TPSA) is 37.3 Å². The van der Waals surface area contributed by atoms with Gasteiger partial charge >= 0.3 is 6.18 Å². The summed E-state index contributed by atoms with van der Waals surface area (Å²) < 4.78 is 37.1. The first-order valence-corrected chi connectivity index (χ1v) is 6.39. The van der Waals surface area contributed by atoms with Crippen LogP contribution in [0.2, 0.25) is 10.0 Å². The molecule has 0 atom stereocenters. The molecular weight excluding hydrogens is 326 g/mol. The summed E-state index contributed by atoms with van der Waals surface area (Å²) in [5, 5.41) is 4.66. The van der Waals surface area contributed by atoms with Crippen LogP contribution in [0.4, 0.5) is 19.0 Å². The van der Waals surface area contributed by atoms with Crippen LogP contribution in [0, 0.1) is 0 Å². The van der Waals surface area contributed by atoms with Gasteiger partial charge in [-0.15, -0.1) is 0 Å². The fourth-order valence-corrected chi connectivity index (χ4v) is 1.70. The van der Waals surface area contributed by atoms with Gasteiger partial charge in [0, 0.05) is 6.20 Å². The molecule has 0 fully saturated rings. The Labute approximate surface area is 128 Å². The number of halogens is 5. The van der Waals surface area contributed by atoms with E-state index in [1.165, 1.54) is 12.3 Å². The lowest BCUT2D eigenvalue weighted by atomic mass is 10.2. The highest BCUT2D eigenvalue weighted by Gasteiger charge is 2.30. The third-order valence-corrected chi connectivity index (χ3v) is 3.17. The second-order valence-electron chi connectivity index (χ2n) is 3.97. The summed E-state index contributed by atoms with van der Waals surface area (Å²) >= 11 is 11.6. The largest absolute Gasteiger partial charge is 0.417 e. The molecule has 3 nitrogen and oxygen atoms in total.